The molecule has 0 spiro atoms. The van der Waals surface area contributed by atoms with Gasteiger partial charge in [0.05, 0.1) is 11.0 Å². The number of hydrogen-bond donors (Lipinski definition) is 1. The van der Waals surface area contributed by atoms with Crippen molar-refractivity contribution in [1.82, 2.24) is 14.9 Å². The van der Waals surface area contributed by atoms with E-state index in [2.05, 4.69) is 23.2 Å². The first-order chi connectivity index (χ1) is 12.3. The quantitative estimate of drug-likeness (QED) is 0.787. The number of nitrogens with one attached hydrogen (secondary N) is 1. The highest BCUT2D eigenvalue weighted by atomic mass is 16.2. The maximum absolute atomic E-state index is 12.6. The molecular formula is C21H23N3O. The lowest BCUT2D eigenvalue weighted by Gasteiger charge is -2.32. The molecule has 0 saturated carbocycles. The average molecular weight is 333 g/mol. The first-order valence-corrected chi connectivity index (χ1v) is 9.06. The van der Waals surface area contributed by atoms with Crippen LogP contribution >= 0.6 is 0 Å². The van der Waals surface area contributed by atoms with Crippen molar-refractivity contribution in [3.05, 3.63) is 66.0 Å². The number of carbonyl (C=O) groups is 1. The number of amides is 1. The summed E-state index contributed by atoms with van der Waals surface area (Å²) in [6, 6.07) is 18.3. The number of piperidine rings is 1. The molecule has 1 atom stereocenters. The number of H-pyrrole nitrogens is 1. The normalized spacial score (nSPS) is 17.8. The molecule has 3 aromatic rings. The number of imidazole rings is 1. The van der Waals surface area contributed by atoms with Crippen molar-refractivity contribution in [2.45, 2.75) is 31.6 Å². The number of para-hydroxylation sites is 2. The highest BCUT2D eigenvalue weighted by molar-refractivity contribution is 5.77. The lowest BCUT2D eigenvalue weighted by molar-refractivity contribution is -0.132. The minimum Gasteiger partial charge on any atom is -0.342 e. The van der Waals surface area contributed by atoms with Gasteiger partial charge in [-0.05, 0) is 37.0 Å². The molecule has 1 N–H and O–H groups in total. The number of aromatic amines is 1. The fourth-order valence-electron chi connectivity index (χ4n) is 3.65. The van der Waals surface area contributed by atoms with Gasteiger partial charge in [-0.3, -0.25) is 4.79 Å². The maximum atomic E-state index is 12.6. The second kappa shape index (κ2) is 7.09. The third kappa shape index (κ3) is 3.58. The van der Waals surface area contributed by atoms with Gasteiger partial charge in [0, 0.05) is 25.4 Å². The fourth-order valence-corrected chi connectivity index (χ4v) is 3.65. The number of aryl methyl sites for hydroxylation is 1. The van der Waals surface area contributed by atoms with E-state index < -0.39 is 0 Å². The minimum atomic E-state index is 0.254. The van der Waals surface area contributed by atoms with E-state index in [1.165, 1.54) is 5.56 Å². The summed E-state index contributed by atoms with van der Waals surface area (Å²) in [5.41, 5.74) is 3.30. The highest BCUT2D eigenvalue weighted by Crippen LogP contribution is 2.27. The summed E-state index contributed by atoms with van der Waals surface area (Å²) in [7, 11) is 0. The Balaban J connectivity index is 1.41. The summed E-state index contributed by atoms with van der Waals surface area (Å²) in [5.74, 6) is 1.58. The van der Waals surface area contributed by atoms with E-state index in [4.69, 9.17) is 4.98 Å². The summed E-state index contributed by atoms with van der Waals surface area (Å²) in [6.45, 7) is 1.64. The molecule has 1 saturated heterocycles. The number of nitrogens with zero attached hydrogens (tertiary/aromatic N) is 2. The van der Waals surface area contributed by atoms with Crippen LogP contribution in [0.25, 0.3) is 11.0 Å². The molecule has 4 rings (SSSR count). The van der Waals surface area contributed by atoms with Crippen LogP contribution in [-0.2, 0) is 11.2 Å². The third-order valence-electron chi connectivity index (χ3n) is 5.04. The predicted octanol–water partition coefficient (Wildman–Crippen LogP) is 3.90. The van der Waals surface area contributed by atoms with Gasteiger partial charge >= 0.3 is 0 Å². The Morgan fingerprint density at radius 1 is 1.12 bits per heavy atom. The van der Waals surface area contributed by atoms with Gasteiger partial charge in [0.25, 0.3) is 0 Å². The molecule has 1 aromatic heterocycles. The summed E-state index contributed by atoms with van der Waals surface area (Å²) in [4.78, 5) is 22.8. The first-order valence-electron chi connectivity index (χ1n) is 9.06. The van der Waals surface area contributed by atoms with Gasteiger partial charge in [-0.25, -0.2) is 4.98 Å². The van der Waals surface area contributed by atoms with E-state index in [1.807, 2.05) is 41.3 Å². The molecule has 25 heavy (non-hydrogen) atoms. The van der Waals surface area contributed by atoms with Crippen molar-refractivity contribution in [1.29, 1.82) is 0 Å². The fraction of sp³-hybridized carbons (Fsp3) is 0.333. The van der Waals surface area contributed by atoms with Crippen LogP contribution in [0.5, 0.6) is 0 Å². The third-order valence-corrected chi connectivity index (χ3v) is 5.04. The van der Waals surface area contributed by atoms with E-state index in [0.29, 0.717) is 12.3 Å². The molecule has 0 bridgehead atoms. The molecule has 1 fully saturated rings. The van der Waals surface area contributed by atoms with Crippen molar-refractivity contribution in [3.8, 4) is 0 Å². The molecular weight excluding hydrogens is 310 g/mol. The standard InChI is InChI=1S/C21H23N3O/c25-20(13-12-16-7-2-1-3-8-16)24-14-6-9-17(15-24)21-22-18-10-4-5-11-19(18)23-21/h1-5,7-8,10-11,17H,6,9,12-15H2,(H,22,23). The van der Waals surface area contributed by atoms with Crippen molar-refractivity contribution in [3.63, 3.8) is 0 Å². The summed E-state index contributed by atoms with van der Waals surface area (Å²) < 4.78 is 0. The van der Waals surface area contributed by atoms with E-state index in [9.17, 15) is 4.79 Å². The van der Waals surface area contributed by atoms with Gasteiger partial charge in [-0.2, -0.15) is 0 Å². The molecule has 2 aromatic carbocycles. The Labute approximate surface area is 147 Å². The molecule has 1 aliphatic rings. The number of fused-ring (bicyclic) bond motifs is 1. The van der Waals surface area contributed by atoms with Crippen molar-refractivity contribution in [2.24, 2.45) is 0 Å². The molecule has 1 aliphatic heterocycles. The molecule has 4 heteroatoms. The maximum Gasteiger partial charge on any atom is 0.222 e. The van der Waals surface area contributed by atoms with E-state index >= 15 is 0 Å². The molecule has 2 heterocycles. The Morgan fingerprint density at radius 2 is 1.92 bits per heavy atom. The number of likely N-dealkylation sites (tertiary alicyclic amines) is 1. The Hall–Kier alpha value is -2.62. The molecule has 0 aliphatic carbocycles. The van der Waals surface area contributed by atoms with Crippen LogP contribution in [0.1, 0.15) is 36.6 Å². The summed E-state index contributed by atoms with van der Waals surface area (Å²) in [6.07, 6.45) is 3.52. The lowest BCUT2D eigenvalue weighted by Crippen LogP contribution is -2.39. The van der Waals surface area contributed by atoms with E-state index in [-0.39, 0.29) is 5.91 Å². The summed E-state index contributed by atoms with van der Waals surface area (Å²) in [5, 5.41) is 0. The van der Waals surface area contributed by atoms with E-state index in [0.717, 1.165) is 49.2 Å². The minimum absolute atomic E-state index is 0.254. The number of benzene rings is 2. The van der Waals surface area contributed by atoms with Crippen LogP contribution in [0, 0.1) is 0 Å². The smallest absolute Gasteiger partial charge is 0.222 e. The van der Waals surface area contributed by atoms with Gasteiger partial charge in [-0.1, -0.05) is 42.5 Å². The SMILES string of the molecule is O=C(CCc1ccccc1)N1CCCC(c2nc3ccccc3[nH]2)C1. The second-order valence-electron chi connectivity index (χ2n) is 6.80. The average Bonchev–Trinajstić information content (AvgIpc) is 3.11. The van der Waals surface area contributed by atoms with Gasteiger partial charge in [-0.15, -0.1) is 0 Å². The van der Waals surface area contributed by atoms with Crippen molar-refractivity contribution in [2.75, 3.05) is 13.1 Å². The number of hydrogen-bond acceptors (Lipinski definition) is 2. The van der Waals surface area contributed by atoms with Gasteiger partial charge in [0.15, 0.2) is 0 Å². The Kier molecular flexibility index (Phi) is 4.51. The number of carbonyl (C=O) groups excluding carboxylic acids is 1. The van der Waals surface area contributed by atoms with Crippen LogP contribution in [0.4, 0.5) is 0 Å². The highest BCUT2D eigenvalue weighted by Gasteiger charge is 2.26. The van der Waals surface area contributed by atoms with Gasteiger partial charge in [0.1, 0.15) is 5.82 Å². The zero-order chi connectivity index (χ0) is 17.1. The number of rotatable bonds is 4. The molecule has 1 amide bonds. The van der Waals surface area contributed by atoms with Crippen molar-refractivity contribution >= 4 is 16.9 Å². The van der Waals surface area contributed by atoms with Gasteiger partial charge in [0.2, 0.25) is 5.91 Å². The first kappa shape index (κ1) is 15.9. The van der Waals surface area contributed by atoms with E-state index in [1.54, 1.807) is 0 Å². The Morgan fingerprint density at radius 3 is 2.76 bits per heavy atom. The Bertz CT molecular complexity index is 823. The molecule has 1 unspecified atom stereocenters. The van der Waals surface area contributed by atoms with Crippen molar-refractivity contribution < 1.29 is 4.79 Å². The predicted molar refractivity (Wildman–Crippen MR) is 99.4 cm³/mol. The zero-order valence-corrected chi connectivity index (χ0v) is 14.3. The topological polar surface area (TPSA) is 49.0 Å². The monoisotopic (exact) mass is 333 g/mol. The number of aromatic nitrogens is 2. The molecule has 4 nitrogen and oxygen atoms in total. The zero-order valence-electron chi connectivity index (χ0n) is 14.3. The van der Waals surface area contributed by atoms with Crippen LogP contribution in [0.15, 0.2) is 54.6 Å². The van der Waals surface area contributed by atoms with Crippen LogP contribution < -0.4 is 0 Å². The largest absolute Gasteiger partial charge is 0.342 e. The summed E-state index contributed by atoms with van der Waals surface area (Å²) >= 11 is 0. The second-order valence-corrected chi connectivity index (χ2v) is 6.80. The van der Waals surface area contributed by atoms with Gasteiger partial charge < -0.3 is 9.88 Å². The molecule has 0 radical (unpaired) electrons. The van der Waals surface area contributed by atoms with Crippen LogP contribution in [0.2, 0.25) is 0 Å². The van der Waals surface area contributed by atoms with Crippen LogP contribution in [-0.4, -0.2) is 33.9 Å². The lowest BCUT2D eigenvalue weighted by atomic mass is 9.97. The molecule has 128 valence electrons. The van der Waals surface area contributed by atoms with Crippen LogP contribution in [0.3, 0.4) is 0 Å².